The molecule has 0 aliphatic carbocycles. The fourth-order valence-corrected chi connectivity index (χ4v) is 3.41. The Morgan fingerprint density at radius 1 is 0.931 bits per heavy atom. The van der Waals surface area contributed by atoms with Crippen molar-refractivity contribution in [3.05, 3.63) is 108 Å². The molecule has 29 heavy (non-hydrogen) atoms. The van der Waals surface area contributed by atoms with Crippen molar-refractivity contribution in [1.29, 1.82) is 5.26 Å². The third kappa shape index (κ3) is 4.20. The summed E-state index contributed by atoms with van der Waals surface area (Å²) in [4.78, 5) is 4.33. The summed E-state index contributed by atoms with van der Waals surface area (Å²) >= 11 is 0. The molecule has 142 valence electrons. The van der Waals surface area contributed by atoms with E-state index in [0.717, 1.165) is 41.1 Å². The van der Waals surface area contributed by atoms with Crippen LogP contribution in [0.3, 0.4) is 0 Å². The van der Waals surface area contributed by atoms with E-state index >= 15 is 0 Å². The summed E-state index contributed by atoms with van der Waals surface area (Å²) in [5, 5.41) is 8.94. The van der Waals surface area contributed by atoms with Gasteiger partial charge in [0.25, 0.3) is 0 Å². The van der Waals surface area contributed by atoms with Gasteiger partial charge >= 0.3 is 0 Å². The van der Waals surface area contributed by atoms with Crippen LogP contribution in [0.1, 0.15) is 22.4 Å². The molecule has 4 rings (SSSR count). The van der Waals surface area contributed by atoms with Crippen LogP contribution in [0.15, 0.2) is 85.3 Å². The first-order chi connectivity index (χ1) is 14.3. The first-order valence-corrected chi connectivity index (χ1v) is 9.47. The zero-order valence-corrected chi connectivity index (χ0v) is 16.2. The van der Waals surface area contributed by atoms with Gasteiger partial charge in [-0.05, 0) is 34.9 Å². The molecule has 0 bridgehead atoms. The lowest BCUT2D eigenvalue weighted by Crippen LogP contribution is -2.04. The van der Waals surface area contributed by atoms with E-state index in [4.69, 9.17) is 10.00 Å². The number of rotatable bonds is 6. The largest absolute Gasteiger partial charge is 0.496 e. The quantitative estimate of drug-likeness (QED) is 0.470. The fourth-order valence-electron chi connectivity index (χ4n) is 3.41. The van der Waals surface area contributed by atoms with Crippen molar-refractivity contribution in [1.82, 2.24) is 9.55 Å². The number of methoxy groups -OCH3 is 1. The zero-order valence-electron chi connectivity index (χ0n) is 16.2. The number of ether oxygens (including phenoxy) is 1. The Balaban J connectivity index is 1.50. The lowest BCUT2D eigenvalue weighted by Gasteiger charge is -2.11. The maximum atomic E-state index is 8.94. The Labute approximate surface area is 170 Å². The second-order valence-electron chi connectivity index (χ2n) is 6.90. The highest BCUT2D eigenvalue weighted by molar-refractivity contribution is 5.70. The molecule has 4 heteroatoms. The monoisotopic (exact) mass is 379 g/mol. The van der Waals surface area contributed by atoms with Gasteiger partial charge in [0.2, 0.25) is 0 Å². The molecule has 0 spiro atoms. The third-order valence-corrected chi connectivity index (χ3v) is 4.99. The normalized spacial score (nSPS) is 10.5. The van der Waals surface area contributed by atoms with E-state index in [-0.39, 0.29) is 0 Å². The van der Waals surface area contributed by atoms with Crippen LogP contribution in [0.2, 0.25) is 0 Å². The predicted molar refractivity (Wildman–Crippen MR) is 114 cm³/mol. The number of hydrogen-bond donors (Lipinski definition) is 0. The maximum absolute atomic E-state index is 8.94. The Hall–Kier alpha value is -3.84. The molecule has 4 aromatic rings. The van der Waals surface area contributed by atoms with Gasteiger partial charge < -0.3 is 9.30 Å². The molecule has 3 aromatic carbocycles. The van der Waals surface area contributed by atoms with Gasteiger partial charge in [-0.15, -0.1) is 0 Å². The molecule has 0 saturated carbocycles. The van der Waals surface area contributed by atoms with Crippen LogP contribution in [-0.4, -0.2) is 16.7 Å². The van der Waals surface area contributed by atoms with E-state index in [1.165, 1.54) is 5.56 Å². The van der Waals surface area contributed by atoms with Crippen LogP contribution in [-0.2, 0) is 13.0 Å². The lowest BCUT2D eigenvalue weighted by atomic mass is 10.0. The predicted octanol–water partition coefficient (Wildman–Crippen LogP) is 5.07. The molecule has 0 aliphatic heterocycles. The average molecular weight is 379 g/mol. The van der Waals surface area contributed by atoms with Crippen molar-refractivity contribution in [3.8, 4) is 22.9 Å². The standard InChI is InChI=1S/C25H21N3O/c1-29-25-5-3-2-4-24(25)22-12-10-21(11-13-22)17-28-18-27-16-23(28)14-19-6-8-20(15-26)9-7-19/h2-13,16,18H,14,17H2,1H3. The molecular formula is C25H21N3O. The van der Waals surface area contributed by atoms with Crippen LogP contribution in [0, 0.1) is 11.3 Å². The van der Waals surface area contributed by atoms with E-state index in [0.29, 0.717) is 5.56 Å². The number of nitriles is 1. The van der Waals surface area contributed by atoms with Gasteiger partial charge in [-0.3, -0.25) is 0 Å². The first-order valence-electron chi connectivity index (χ1n) is 9.47. The molecule has 0 aliphatic rings. The van der Waals surface area contributed by atoms with E-state index in [9.17, 15) is 0 Å². The SMILES string of the molecule is COc1ccccc1-c1ccc(Cn2cncc2Cc2ccc(C#N)cc2)cc1. The topological polar surface area (TPSA) is 50.8 Å². The van der Waals surface area contributed by atoms with Crippen molar-refractivity contribution in [2.45, 2.75) is 13.0 Å². The van der Waals surface area contributed by atoms with Gasteiger partial charge in [0.05, 0.1) is 25.1 Å². The highest BCUT2D eigenvalue weighted by atomic mass is 16.5. The van der Waals surface area contributed by atoms with E-state index in [2.05, 4.69) is 46.0 Å². The minimum Gasteiger partial charge on any atom is -0.496 e. The second-order valence-corrected chi connectivity index (χ2v) is 6.90. The van der Waals surface area contributed by atoms with Crippen LogP contribution in [0.25, 0.3) is 11.1 Å². The van der Waals surface area contributed by atoms with E-state index < -0.39 is 0 Å². The van der Waals surface area contributed by atoms with Gasteiger partial charge in [0, 0.05) is 30.4 Å². The summed E-state index contributed by atoms with van der Waals surface area (Å²) in [6, 6.07) is 26.5. The van der Waals surface area contributed by atoms with Gasteiger partial charge in [-0.2, -0.15) is 5.26 Å². The summed E-state index contributed by atoms with van der Waals surface area (Å²) in [5.74, 6) is 0.875. The van der Waals surface area contributed by atoms with Crippen LogP contribution in [0.4, 0.5) is 0 Å². The summed E-state index contributed by atoms with van der Waals surface area (Å²) < 4.78 is 7.63. The molecule has 0 N–H and O–H groups in total. The summed E-state index contributed by atoms with van der Waals surface area (Å²) in [6.07, 6.45) is 4.56. The number of nitrogens with zero attached hydrogens (tertiary/aromatic N) is 3. The number of hydrogen-bond acceptors (Lipinski definition) is 3. The minimum atomic E-state index is 0.678. The van der Waals surface area contributed by atoms with Gasteiger partial charge in [-0.1, -0.05) is 54.6 Å². The number of benzene rings is 3. The highest BCUT2D eigenvalue weighted by Gasteiger charge is 2.07. The molecule has 1 heterocycles. The smallest absolute Gasteiger partial charge is 0.126 e. The molecule has 0 unspecified atom stereocenters. The molecular weight excluding hydrogens is 358 g/mol. The molecule has 1 aromatic heterocycles. The fraction of sp³-hybridized carbons (Fsp3) is 0.120. The average Bonchev–Trinajstić information content (AvgIpc) is 3.21. The van der Waals surface area contributed by atoms with Crippen LogP contribution in [0.5, 0.6) is 5.75 Å². The second kappa shape index (κ2) is 8.45. The van der Waals surface area contributed by atoms with E-state index in [1.807, 2.05) is 55.0 Å². The zero-order chi connectivity index (χ0) is 20.1. The lowest BCUT2D eigenvalue weighted by molar-refractivity contribution is 0.416. The van der Waals surface area contributed by atoms with Gasteiger partial charge in [0.15, 0.2) is 0 Å². The summed E-state index contributed by atoms with van der Waals surface area (Å²) in [5.41, 5.74) is 6.42. The molecule has 0 radical (unpaired) electrons. The first kappa shape index (κ1) is 18.5. The van der Waals surface area contributed by atoms with E-state index in [1.54, 1.807) is 7.11 Å². The van der Waals surface area contributed by atoms with Crippen molar-refractivity contribution in [3.63, 3.8) is 0 Å². The van der Waals surface area contributed by atoms with Crippen LogP contribution >= 0.6 is 0 Å². The maximum Gasteiger partial charge on any atom is 0.126 e. The van der Waals surface area contributed by atoms with Gasteiger partial charge in [0.1, 0.15) is 5.75 Å². The molecule has 0 fully saturated rings. The van der Waals surface area contributed by atoms with Crippen molar-refractivity contribution in [2.75, 3.05) is 7.11 Å². The number of para-hydroxylation sites is 1. The number of imidazole rings is 1. The van der Waals surface area contributed by atoms with Crippen LogP contribution < -0.4 is 4.74 Å². The Bertz CT molecular complexity index is 1140. The summed E-state index contributed by atoms with van der Waals surface area (Å²) in [7, 11) is 1.70. The van der Waals surface area contributed by atoms with Crippen molar-refractivity contribution in [2.24, 2.45) is 0 Å². The van der Waals surface area contributed by atoms with Crippen molar-refractivity contribution >= 4 is 0 Å². The Morgan fingerprint density at radius 2 is 1.66 bits per heavy atom. The number of aromatic nitrogens is 2. The Morgan fingerprint density at radius 3 is 2.38 bits per heavy atom. The van der Waals surface area contributed by atoms with Gasteiger partial charge in [-0.25, -0.2) is 4.98 Å². The summed E-state index contributed by atoms with van der Waals surface area (Å²) in [6.45, 7) is 0.762. The highest BCUT2D eigenvalue weighted by Crippen LogP contribution is 2.29. The Kier molecular flexibility index (Phi) is 5.40. The third-order valence-electron chi connectivity index (χ3n) is 4.99. The minimum absolute atomic E-state index is 0.678. The molecule has 0 amide bonds. The molecule has 0 saturated heterocycles. The molecule has 4 nitrogen and oxygen atoms in total. The molecule has 0 atom stereocenters. The van der Waals surface area contributed by atoms with Crippen molar-refractivity contribution < 1.29 is 4.74 Å².